The van der Waals surface area contributed by atoms with E-state index < -0.39 is 14.6 Å². The molecule has 0 fully saturated rings. The van der Waals surface area contributed by atoms with E-state index in [1.165, 1.54) is 17.4 Å². The zero-order valence-electron chi connectivity index (χ0n) is 18.3. The molecule has 2 aromatic carbocycles. The summed E-state index contributed by atoms with van der Waals surface area (Å²) in [6.07, 6.45) is 2.17. The normalized spacial score (nSPS) is 13.3. The molecule has 30 heavy (non-hydrogen) atoms. The molecule has 0 radical (unpaired) electrons. The summed E-state index contributed by atoms with van der Waals surface area (Å²) in [5.41, 5.74) is 2.54. The number of hydrogen-bond acceptors (Lipinski definition) is 3. The molecule has 0 saturated carbocycles. The van der Waals surface area contributed by atoms with Crippen LogP contribution < -0.4 is 10.6 Å². The molecule has 2 rings (SSSR count). The molecule has 166 valence electrons. The topological polar surface area (TPSA) is 70.6 Å². The van der Waals surface area contributed by atoms with E-state index in [9.17, 15) is 8.42 Å². The molecule has 0 spiro atoms. The molecule has 7 heteroatoms. The third-order valence-electron chi connectivity index (χ3n) is 5.08. The summed E-state index contributed by atoms with van der Waals surface area (Å²) in [6.45, 7) is 7.02. The number of nitrogens with zero attached hydrogens (tertiary/aromatic N) is 1. The van der Waals surface area contributed by atoms with E-state index in [0.29, 0.717) is 19.0 Å². The highest BCUT2D eigenvalue weighted by Gasteiger charge is 2.30. The van der Waals surface area contributed by atoms with Gasteiger partial charge in [-0.3, -0.25) is 4.99 Å². The molecular weight excluding hydrogens is 509 g/mol. The Morgan fingerprint density at radius 2 is 1.57 bits per heavy atom. The fourth-order valence-electron chi connectivity index (χ4n) is 2.88. The molecule has 0 aliphatic heterocycles. The van der Waals surface area contributed by atoms with Crippen LogP contribution in [0.4, 0.5) is 0 Å². The van der Waals surface area contributed by atoms with E-state index >= 15 is 0 Å². The Bertz CT molecular complexity index is 885. The van der Waals surface area contributed by atoms with Gasteiger partial charge in [0.05, 0.1) is 11.3 Å². The Balaban J connectivity index is 0.00000450. The zero-order valence-corrected chi connectivity index (χ0v) is 21.4. The standard InChI is InChI=1S/C23H33N3O2S.HI/c1-5-24-22(26-18-23(2,3)29(4,27)28)25-17-21(20-14-10-7-11-15-20)16-19-12-8-6-9-13-19;/h6-15,21H,5,16-18H2,1-4H3,(H2,24,25,26);1H. The second-order valence-electron chi connectivity index (χ2n) is 7.91. The van der Waals surface area contributed by atoms with Gasteiger partial charge in [-0.25, -0.2) is 8.42 Å². The number of guanidine groups is 1. The molecule has 0 aliphatic rings. The molecule has 1 atom stereocenters. The Kier molecular flexibility index (Phi) is 10.8. The van der Waals surface area contributed by atoms with Crippen LogP contribution in [-0.4, -0.2) is 45.0 Å². The van der Waals surface area contributed by atoms with Gasteiger partial charge < -0.3 is 10.6 Å². The second-order valence-corrected chi connectivity index (χ2v) is 10.6. The number of rotatable bonds is 9. The van der Waals surface area contributed by atoms with Crippen molar-refractivity contribution in [3.8, 4) is 0 Å². The van der Waals surface area contributed by atoms with Crippen LogP contribution in [0.1, 0.15) is 37.8 Å². The van der Waals surface area contributed by atoms with Gasteiger partial charge in [-0.1, -0.05) is 60.7 Å². The summed E-state index contributed by atoms with van der Waals surface area (Å²) in [7, 11) is -3.19. The number of benzene rings is 2. The Labute approximate surface area is 198 Å². The average Bonchev–Trinajstić information content (AvgIpc) is 2.69. The van der Waals surface area contributed by atoms with E-state index in [4.69, 9.17) is 0 Å². The van der Waals surface area contributed by atoms with Crippen LogP contribution in [0.5, 0.6) is 0 Å². The van der Waals surface area contributed by atoms with E-state index in [0.717, 1.165) is 6.42 Å². The van der Waals surface area contributed by atoms with E-state index in [1.54, 1.807) is 13.8 Å². The molecular formula is C23H34IN3O2S. The summed E-state index contributed by atoms with van der Waals surface area (Å²) < 4.78 is 23.0. The molecule has 0 aromatic heterocycles. The Morgan fingerprint density at radius 3 is 2.10 bits per heavy atom. The second kappa shape index (κ2) is 12.3. The fourth-order valence-corrected chi connectivity index (χ4v) is 3.18. The lowest BCUT2D eigenvalue weighted by Crippen LogP contribution is -2.42. The van der Waals surface area contributed by atoms with Crippen LogP contribution >= 0.6 is 24.0 Å². The molecule has 0 amide bonds. The van der Waals surface area contributed by atoms with Crippen LogP contribution in [0.2, 0.25) is 0 Å². The van der Waals surface area contributed by atoms with Crippen LogP contribution in [-0.2, 0) is 16.3 Å². The lowest BCUT2D eigenvalue weighted by molar-refractivity contribution is 0.554. The molecule has 0 bridgehead atoms. The number of sulfone groups is 1. The third kappa shape index (κ3) is 8.26. The maximum atomic E-state index is 12.0. The lowest BCUT2D eigenvalue weighted by Gasteiger charge is -2.23. The quantitative estimate of drug-likeness (QED) is 0.285. The first kappa shape index (κ1) is 26.4. The summed E-state index contributed by atoms with van der Waals surface area (Å²) >= 11 is 0. The predicted molar refractivity (Wildman–Crippen MR) is 138 cm³/mol. The van der Waals surface area contributed by atoms with Crippen molar-refractivity contribution in [2.24, 2.45) is 4.99 Å². The van der Waals surface area contributed by atoms with Gasteiger partial charge in [-0.05, 0) is 38.3 Å². The summed E-state index contributed by atoms with van der Waals surface area (Å²) in [5, 5.41) is 6.63. The minimum absolute atomic E-state index is 0. The smallest absolute Gasteiger partial charge is 0.191 e. The van der Waals surface area contributed by atoms with E-state index in [-0.39, 0.29) is 36.4 Å². The van der Waals surface area contributed by atoms with E-state index in [1.807, 2.05) is 19.1 Å². The number of nitrogens with one attached hydrogen (secondary N) is 2. The molecule has 2 aromatic rings. The molecule has 5 nitrogen and oxygen atoms in total. The minimum atomic E-state index is -3.19. The van der Waals surface area contributed by atoms with Crippen LogP contribution in [0.3, 0.4) is 0 Å². The van der Waals surface area contributed by atoms with Crippen molar-refractivity contribution in [3.05, 3.63) is 71.8 Å². The first-order valence-corrected chi connectivity index (χ1v) is 11.9. The highest BCUT2D eigenvalue weighted by molar-refractivity contribution is 14.0. The Morgan fingerprint density at radius 1 is 1.00 bits per heavy atom. The molecule has 1 unspecified atom stereocenters. The minimum Gasteiger partial charge on any atom is -0.357 e. The van der Waals surface area contributed by atoms with Gasteiger partial charge in [0.2, 0.25) is 0 Å². The van der Waals surface area contributed by atoms with Gasteiger partial charge in [0.25, 0.3) is 0 Å². The first-order valence-electron chi connectivity index (χ1n) is 10.0. The summed E-state index contributed by atoms with van der Waals surface area (Å²) in [6, 6.07) is 20.9. The lowest BCUT2D eigenvalue weighted by atomic mass is 9.92. The van der Waals surface area contributed by atoms with E-state index in [2.05, 4.69) is 64.2 Å². The molecule has 0 saturated heterocycles. The fraction of sp³-hybridized carbons (Fsp3) is 0.435. The SMILES string of the molecule is CCNC(=NCC(C)(C)S(C)(=O)=O)NCC(Cc1ccccc1)c1ccccc1.I. The average molecular weight is 544 g/mol. The van der Waals surface area contributed by atoms with Gasteiger partial charge in [0.1, 0.15) is 0 Å². The van der Waals surface area contributed by atoms with Gasteiger partial charge in [-0.15, -0.1) is 24.0 Å². The monoisotopic (exact) mass is 543 g/mol. The highest BCUT2D eigenvalue weighted by Crippen LogP contribution is 2.20. The summed E-state index contributed by atoms with van der Waals surface area (Å²) in [4.78, 5) is 4.54. The number of hydrogen-bond donors (Lipinski definition) is 2. The van der Waals surface area contributed by atoms with Crippen molar-refractivity contribution in [2.45, 2.75) is 37.9 Å². The summed E-state index contributed by atoms with van der Waals surface area (Å²) in [5.74, 6) is 0.906. The number of halogens is 1. The van der Waals surface area contributed by atoms with Crippen molar-refractivity contribution >= 4 is 39.8 Å². The largest absolute Gasteiger partial charge is 0.357 e. The highest BCUT2D eigenvalue weighted by atomic mass is 127. The van der Waals surface area contributed by atoms with Crippen LogP contribution in [0.25, 0.3) is 0 Å². The van der Waals surface area contributed by atoms with Gasteiger partial charge in [-0.2, -0.15) is 0 Å². The van der Waals surface area contributed by atoms with Gasteiger partial charge in [0.15, 0.2) is 15.8 Å². The maximum Gasteiger partial charge on any atom is 0.191 e. The van der Waals surface area contributed by atoms with Gasteiger partial charge in [0, 0.05) is 25.3 Å². The maximum absolute atomic E-state index is 12.0. The van der Waals surface area contributed by atoms with Crippen molar-refractivity contribution in [2.75, 3.05) is 25.9 Å². The van der Waals surface area contributed by atoms with Crippen LogP contribution in [0, 0.1) is 0 Å². The van der Waals surface area contributed by atoms with Gasteiger partial charge >= 0.3 is 0 Å². The Hall–Kier alpha value is -1.61. The molecule has 0 aliphatic carbocycles. The zero-order chi connectivity index (χ0) is 21.3. The first-order chi connectivity index (χ1) is 13.7. The molecule has 0 heterocycles. The van der Waals surface area contributed by atoms with Crippen LogP contribution in [0.15, 0.2) is 65.7 Å². The number of aliphatic imine (C=N–C) groups is 1. The predicted octanol–water partition coefficient (Wildman–Crippen LogP) is 4.01. The third-order valence-corrected chi connectivity index (χ3v) is 7.21. The van der Waals surface area contributed by atoms with Crippen molar-refractivity contribution in [1.29, 1.82) is 0 Å². The van der Waals surface area contributed by atoms with Crippen molar-refractivity contribution in [3.63, 3.8) is 0 Å². The molecule has 2 N–H and O–H groups in total. The van der Waals surface area contributed by atoms with Crippen molar-refractivity contribution < 1.29 is 8.42 Å². The van der Waals surface area contributed by atoms with Crippen molar-refractivity contribution in [1.82, 2.24) is 10.6 Å².